The van der Waals surface area contributed by atoms with Gasteiger partial charge in [0.25, 0.3) is 0 Å². The van der Waals surface area contributed by atoms with Gasteiger partial charge in [-0.2, -0.15) is 13.2 Å². The summed E-state index contributed by atoms with van der Waals surface area (Å²) >= 11 is 0. The number of rotatable bonds is 3. The molecule has 2 aromatic carbocycles. The Hall–Kier alpha value is -3.38. The first-order valence-corrected chi connectivity index (χ1v) is 9.81. The molecule has 1 aliphatic carbocycles. The number of hydrogen-bond donors (Lipinski definition) is 3. The lowest BCUT2D eigenvalue weighted by Gasteiger charge is -2.41. The maximum atomic E-state index is 14.7. The quantitative estimate of drug-likeness (QED) is 0.397. The highest BCUT2D eigenvalue weighted by Crippen LogP contribution is 2.41. The number of phenolic OH excluding ortho intramolecular Hbond substituents is 1. The molecule has 0 radical (unpaired) electrons. The van der Waals surface area contributed by atoms with Crippen LogP contribution in [0.15, 0.2) is 30.3 Å². The number of aromatic nitrogens is 2. The number of nitrogens with zero attached hydrogens (tertiary/aromatic N) is 2. The molecule has 0 spiro atoms. The zero-order chi connectivity index (χ0) is 23.3. The highest BCUT2D eigenvalue weighted by Gasteiger charge is 2.39. The second-order valence-corrected chi connectivity index (χ2v) is 8.13. The molecule has 166 valence electrons. The van der Waals surface area contributed by atoms with E-state index in [1.165, 1.54) is 0 Å². The summed E-state index contributed by atoms with van der Waals surface area (Å²) in [4.78, 5) is 0. The van der Waals surface area contributed by atoms with Crippen molar-refractivity contribution >= 4 is 16.6 Å². The van der Waals surface area contributed by atoms with Gasteiger partial charge in [0.2, 0.25) is 0 Å². The molecule has 1 saturated carbocycles. The lowest BCUT2D eigenvalue weighted by Crippen LogP contribution is -2.48. The average Bonchev–Trinajstić information content (AvgIpc) is 2.67. The normalized spacial score (nSPS) is 20.4. The van der Waals surface area contributed by atoms with Gasteiger partial charge >= 0.3 is 6.18 Å². The Morgan fingerprint density at radius 3 is 2.44 bits per heavy atom. The van der Waals surface area contributed by atoms with Crippen LogP contribution in [0.4, 0.5) is 23.4 Å². The molecule has 0 saturated heterocycles. The minimum absolute atomic E-state index is 0.0505. The van der Waals surface area contributed by atoms with Gasteiger partial charge in [0.15, 0.2) is 5.82 Å². The second-order valence-electron chi connectivity index (χ2n) is 8.13. The van der Waals surface area contributed by atoms with E-state index >= 15 is 0 Å². The monoisotopic (exact) mass is 445 g/mol. The van der Waals surface area contributed by atoms with Gasteiger partial charge in [0.1, 0.15) is 17.3 Å². The third-order valence-electron chi connectivity index (χ3n) is 5.40. The molecule has 1 fully saturated rings. The number of benzene rings is 2. The molecule has 0 aliphatic heterocycles. The third-order valence-corrected chi connectivity index (χ3v) is 5.40. The van der Waals surface area contributed by atoms with Gasteiger partial charge in [0.05, 0.1) is 16.7 Å². The Bertz CT molecular complexity index is 1240. The van der Waals surface area contributed by atoms with E-state index in [1.807, 2.05) is 0 Å². The molecular formula is C23H19F4N3O2. The first-order valence-electron chi connectivity index (χ1n) is 9.81. The second kappa shape index (κ2) is 7.64. The average molecular weight is 445 g/mol. The Morgan fingerprint density at radius 1 is 1.12 bits per heavy atom. The number of aliphatic hydroxyl groups is 1. The van der Waals surface area contributed by atoms with Gasteiger partial charge in [-0.1, -0.05) is 12.0 Å². The predicted octanol–water partition coefficient (Wildman–Crippen LogP) is 4.86. The van der Waals surface area contributed by atoms with Crippen LogP contribution in [0.2, 0.25) is 0 Å². The van der Waals surface area contributed by atoms with Gasteiger partial charge in [-0.05, 0) is 51.0 Å². The predicted molar refractivity (Wildman–Crippen MR) is 111 cm³/mol. The van der Waals surface area contributed by atoms with Crippen LogP contribution in [0.1, 0.15) is 37.8 Å². The number of phenols is 1. The number of nitrogens with one attached hydrogen (secondary N) is 1. The summed E-state index contributed by atoms with van der Waals surface area (Å²) in [5.74, 6) is 3.91. The van der Waals surface area contributed by atoms with E-state index in [-0.39, 0.29) is 11.7 Å². The fourth-order valence-electron chi connectivity index (χ4n) is 3.96. The molecule has 0 unspecified atom stereocenters. The molecule has 32 heavy (non-hydrogen) atoms. The number of aromatic hydroxyl groups is 1. The Labute approximate surface area is 181 Å². The van der Waals surface area contributed by atoms with Crippen molar-refractivity contribution < 1.29 is 27.8 Å². The summed E-state index contributed by atoms with van der Waals surface area (Å²) in [6, 6.07) is 5.72. The lowest BCUT2D eigenvalue weighted by molar-refractivity contribution is -0.137. The fourth-order valence-corrected chi connectivity index (χ4v) is 3.96. The zero-order valence-electron chi connectivity index (χ0n) is 17.2. The highest BCUT2D eigenvalue weighted by atomic mass is 19.4. The van der Waals surface area contributed by atoms with Crippen molar-refractivity contribution in [3.8, 4) is 28.8 Å². The van der Waals surface area contributed by atoms with Crippen LogP contribution in [-0.4, -0.2) is 32.1 Å². The van der Waals surface area contributed by atoms with Crippen molar-refractivity contribution in [3.05, 3.63) is 47.3 Å². The summed E-state index contributed by atoms with van der Waals surface area (Å²) < 4.78 is 53.6. The van der Waals surface area contributed by atoms with Crippen LogP contribution in [-0.2, 0) is 6.18 Å². The molecular weight excluding hydrogens is 426 g/mol. The number of fused-ring (bicyclic) bond motifs is 1. The molecule has 9 heteroatoms. The highest BCUT2D eigenvalue weighted by molar-refractivity contribution is 6.01. The summed E-state index contributed by atoms with van der Waals surface area (Å²) in [7, 11) is 0. The first-order chi connectivity index (χ1) is 15.0. The van der Waals surface area contributed by atoms with E-state index in [4.69, 9.17) is 0 Å². The molecule has 4 rings (SSSR count). The van der Waals surface area contributed by atoms with E-state index in [1.54, 1.807) is 32.0 Å². The maximum Gasteiger partial charge on any atom is 0.416 e. The van der Waals surface area contributed by atoms with Crippen molar-refractivity contribution in [2.24, 2.45) is 0 Å². The number of hydrogen-bond acceptors (Lipinski definition) is 5. The summed E-state index contributed by atoms with van der Waals surface area (Å²) in [5, 5.41) is 32.4. The van der Waals surface area contributed by atoms with E-state index in [9.17, 15) is 27.8 Å². The molecule has 0 amide bonds. The smallest absolute Gasteiger partial charge is 0.416 e. The van der Waals surface area contributed by atoms with Crippen LogP contribution in [0, 0.1) is 17.7 Å². The van der Waals surface area contributed by atoms with E-state index < -0.39 is 34.5 Å². The van der Waals surface area contributed by atoms with Gasteiger partial charge in [-0.25, -0.2) is 4.39 Å². The summed E-state index contributed by atoms with van der Waals surface area (Å²) in [6.45, 7) is 3.40. The minimum atomic E-state index is -4.81. The Kier molecular flexibility index (Phi) is 5.21. The SMILES string of the molecule is CC#Cc1ccc2c(-c3c(O)cc(C(F)(F)F)cc3F)nnc(NC3CC(C)(O)C3)c2c1. The maximum absolute atomic E-state index is 14.7. The molecule has 0 bridgehead atoms. The summed E-state index contributed by atoms with van der Waals surface area (Å²) in [5.41, 5.74) is -1.98. The van der Waals surface area contributed by atoms with Crippen molar-refractivity contribution in [2.75, 3.05) is 5.32 Å². The molecule has 3 N–H and O–H groups in total. The zero-order valence-corrected chi connectivity index (χ0v) is 17.2. The van der Waals surface area contributed by atoms with Crippen molar-refractivity contribution in [1.82, 2.24) is 10.2 Å². The van der Waals surface area contributed by atoms with Gasteiger partial charge in [0, 0.05) is 22.4 Å². The van der Waals surface area contributed by atoms with Crippen LogP contribution in [0.3, 0.4) is 0 Å². The Balaban J connectivity index is 1.86. The van der Waals surface area contributed by atoms with Crippen LogP contribution in [0.5, 0.6) is 5.75 Å². The van der Waals surface area contributed by atoms with Crippen LogP contribution in [0.25, 0.3) is 22.0 Å². The largest absolute Gasteiger partial charge is 0.507 e. The number of halogens is 4. The summed E-state index contributed by atoms with van der Waals surface area (Å²) in [6.07, 6.45) is -3.81. The molecule has 1 aliphatic rings. The Morgan fingerprint density at radius 2 is 1.84 bits per heavy atom. The third kappa shape index (κ3) is 4.06. The van der Waals surface area contributed by atoms with E-state index in [2.05, 4.69) is 27.4 Å². The van der Waals surface area contributed by atoms with Crippen LogP contribution < -0.4 is 5.32 Å². The number of alkyl halides is 3. The topological polar surface area (TPSA) is 78.3 Å². The van der Waals surface area contributed by atoms with Crippen LogP contribution >= 0.6 is 0 Å². The van der Waals surface area contributed by atoms with E-state index in [0.29, 0.717) is 47.1 Å². The lowest BCUT2D eigenvalue weighted by atomic mass is 9.77. The van der Waals surface area contributed by atoms with Crippen molar-refractivity contribution in [3.63, 3.8) is 0 Å². The standard InChI is InChI=1S/C23H19F4N3O2/c1-3-4-12-5-6-15-16(7-12)21(28-14-10-22(2,32)11-14)30-29-20(15)19-17(24)8-13(9-18(19)31)23(25,26)27/h5-9,14,31-32H,10-11H2,1-2H3,(H,28,30). The first kappa shape index (κ1) is 21.8. The van der Waals surface area contributed by atoms with E-state index in [0.717, 1.165) is 0 Å². The van der Waals surface area contributed by atoms with Crippen molar-refractivity contribution in [1.29, 1.82) is 0 Å². The fraction of sp³-hybridized carbons (Fsp3) is 0.304. The molecule has 3 aromatic rings. The molecule has 1 aromatic heterocycles. The number of anilines is 1. The van der Waals surface area contributed by atoms with Gasteiger partial charge < -0.3 is 15.5 Å². The molecule has 1 heterocycles. The van der Waals surface area contributed by atoms with Gasteiger partial charge in [-0.15, -0.1) is 16.1 Å². The molecule has 5 nitrogen and oxygen atoms in total. The van der Waals surface area contributed by atoms with Crippen molar-refractivity contribution in [2.45, 2.75) is 44.5 Å². The minimum Gasteiger partial charge on any atom is -0.507 e. The molecule has 0 atom stereocenters. The van der Waals surface area contributed by atoms with Gasteiger partial charge in [-0.3, -0.25) is 0 Å².